The van der Waals surface area contributed by atoms with E-state index in [9.17, 15) is 8.42 Å². The molecule has 0 amide bonds. The third-order valence-corrected chi connectivity index (χ3v) is 5.18. The molecule has 0 radical (unpaired) electrons. The van der Waals surface area contributed by atoms with Crippen LogP contribution >= 0.6 is 0 Å². The molecule has 2 atom stereocenters. The number of sulfonamides is 1. The SMILES string of the molecule is CN(C)S(=O)(=O)c1ccccc1OC1CCC(N)C1. The quantitative estimate of drug-likeness (QED) is 0.901. The number of nitrogens with two attached hydrogens (primary N) is 1. The largest absolute Gasteiger partial charge is 0.489 e. The molecule has 0 bridgehead atoms. The van der Waals surface area contributed by atoms with E-state index in [4.69, 9.17) is 10.5 Å². The molecule has 1 aliphatic rings. The molecule has 1 aromatic rings. The third kappa shape index (κ3) is 3.08. The highest BCUT2D eigenvalue weighted by Crippen LogP contribution is 2.29. The molecule has 2 N–H and O–H groups in total. The highest BCUT2D eigenvalue weighted by molar-refractivity contribution is 7.89. The van der Waals surface area contributed by atoms with Gasteiger partial charge in [0.05, 0.1) is 0 Å². The predicted octanol–water partition coefficient (Wildman–Crippen LogP) is 1.20. The molecule has 2 rings (SSSR count). The fourth-order valence-corrected chi connectivity index (χ4v) is 3.23. The highest BCUT2D eigenvalue weighted by atomic mass is 32.2. The van der Waals surface area contributed by atoms with Crippen LogP contribution in [0, 0.1) is 0 Å². The smallest absolute Gasteiger partial charge is 0.246 e. The maximum absolute atomic E-state index is 12.2. The van der Waals surface area contributed by atoms with Gasteiger partial charge in [0.2, 0.25) is 10.0 Å². The molecule has 1 aliphatic carbocycles. The van der Waals surface area contributed by atoms with Gasteiger partial charge < -0.3 is 10.5 Å². The van der Waals surface area contributed by atoms with Crippen LogP contribution in [-0.2, 0) is 10.0 Å². The van der Waals surface area contributed by atoms with Crippen molar-refractivity contribution in [2.24, 2.45) is 5.73 Å². The number of ether oxygens (including phenoxy) is 1. The lowest BCUT2D eigenvalue weighted by molar-refractivity contribution is 0.202. The molecular formula is C13H20N2O3S. The molecule has 0 aromatic heterocycles. The van der Waals surface area contributed by atoms with Gasteiger partial charge in [-0.3, -0.25) is 0 Å². The van der Waals surface area contributed by atoms with Crippen molar-refractivity contribution in [2.45, 2.75) is 36.3 Å². The third-order valence-electron chi connectivity index (χ3n) is 3.33. The van der Waals surface area contributed by atoms with Crippen LogP contribution < -0.4 is 10.5 Å². The Kier molecular flexibility index (Phi) is 4.13. The molecule has 2 unspecified atom stereocenters. The average Bonchev–Trinajstić information content (AvgIpc) is 2.75. The Morgan fingerprint density at radius 2 is 1.95 bits per heavy atom. The zero-order valence-corrected chi connectivity index (χ0v) is 12.1. The molecule has 19 heavy (non-hydrogen) atoms. The van der Waals surface area contributed by atoms with Crippen molar-refractivity contribution in [1.82, 2.24) is 4.31 Å². The molecule has 1 saturated carbocycles. The van der Waals surface area contributed by atoms with E-state index in [1.54, 1.807) is 24.3 Å². The predicted molar refractivity (Wildman–Crippen MR) is 73.6 cm³/mol. The van der Waals surface area contributed by atoms with Gasteiger partial charge in [0.25, 0.3) is 0 Å². The Hall–Kier alpha value is -1.11. The van der Waals surface area contributed by atoms with Crippen molar-refractivity contribution in [3.05, 3.63) is 24.3 Å². The summed E-state index contributed by atoms with van der Waals surface area (Å²) in [5.74, 6) is 0.412. The van der Waals surface area contributed by atoms with Gasteiger partial charge in [0, 0.05) is 20.1 Å². The number of nitrogens with zero attached hydrogens (tertiary/aromatic N) is 1. The summed E-state index contributed by atoms with van der Waals surface area (Å²) in [7, 11) is -0.463. The van der Waals surface area contributed by atoms with Gasteiger partial charge >= 0.3 is 0 Å². The van der Waals surface area contributed by atoms with E-state index < -0.39 is 10.0 Å². The van der Waals surface area contributed by atoms with Crippen molar-refractivity contribution in [3.8, 4) is 5.75 Å². The molecule has 6 heteroatoms. The van der Waals surface area contributed by atoms with Crippen LogP contribution in [0.3, 0.4) is 0 Å². The molecule has 5 nitrogen and oxygen atoms in total. The molecule has 0 aliphatic heterocycles. The van der Waals surface area contributed by atoms with Crippen LogP contribution in [0.4, 0.5) is 0 Å². The van der Waals surface area contributed by atoms with E-state index in [2.05, 4.69) is 0 Å². The molecule has 1 aromatic carbocycles. The van der Waals surface area contributed by atoms with Gasteiger partial charge in [-0.15, -0.1) is 0 Å². The van der Waals surface area contributed by atoms with Crippen LogP contribution in [-0.4, -0.2) is 39.0 Å². The lowest BCUT2D eigenvalue weighted by atomic mass is 10.3. The van der Waals surface area contributed by atoms with Gasteiger partial charge in [-0.25, -0.2) is 12.7 Å². The number of rotatable bonds is 4. The van der Waals surface area contributed by atoms with Crippen molar-refractivity contribution < 1.29 is 13.2 Å². The Labute approximate surface area is 114 Å². The second-order valence-electron chi connectivity index (χ2n) is 5.05. The summed E-state index contributed by atoms with van der Waals surface area (Å²) >= 11 is 0. The number of benzene rings is 1. The van der Waals surface area contributed by atoms with Crippen molar-refractivity contribution >= 4 is 10.0 Å². The summed E-state index contributed by atoms with van der Waals surface area (Å²) in [4.78, 5) is 0.209. The summed E-state index contributed by atoms with van der Waals surface area (Å²) in [5, 5.41) is 0. The van der Waals surface area contributed by atoms with Crippen molar-refractivity contribution in [2.75, 3.05) is 14.1 Å². The van der Waals surface area contributed by atoms with E-state index in [-0.39, 0.29) is 17.0 Å². The Balaban J connectivity index is 2.27. The van der Waals surface area contributed by atoms with Crippen molar-refractivity contribution in [3.63, 3.8) is 0 Å². The van der Waals surface area contributed by atoms with E-state index >= 15 is 0 Å². The second kappa shape index (κ2) is 5.48. The lowest BCUT2D eigenvalue weighted by Crippen LogP contribution is -2.24. The van der Waals surface area contributed by atoms with Crippen LogP contribution in [0.15, 0.2) is 29.2 Å². The Morgan fingerprint density at radius 1 is 1.26 bits per heavy atom. The standard InChI is InChI=1S/C13H20N2O3S/c1-15(2)19(16,17)13-6-4-3-5-12(13)18-11-8-7-10(14)9-11/h3-6,10-11H,7-9,14H2,1-2H3. The number of para-hydroxylation sites is 1. The first-order valence-corrected chi connectivity index (χ1v) is 7.79. The van der Waals surface area contributed by atoms with Gasteiger partial charge in [0.15, 0.2) is 0 Å². The minimum atomic E-state index is -3.49. The zero-order valence-electron chi connectivity index (χ0n) is 11.2. The molecule has 106 valence electrons. The summed E-state index contributed by atoms with van der Waals surface area (Å²) < 4.78 is 31.4. The van der Waals surface area contributed by atoms with E-state index in [0.717, 1.165) is 19.3 Å². The van der Waals surface area contributed by atoms with Crippen molar-refractivity contribution in [1.29, 1.82) is 0 Å². The zero-order chi connectivity index (χ0) is 14.0. The normalized spacial score (nSPS) is 23.8. The first-order valence-electron chi connectivity index (χ1n) is 6.35. The average molecular weight is 284 g/mol. The Bertz CT molecular complexity index is 543. The second-order valence-corrected chi connectivity index (χ2v) is 7.17. The number of hydrogen-bond acceptors (Lipinski definition) is 4. The summed E-state index contributed by atoms with van der Waals surface area (Å²) in [6.45, 7) is 0. The summed E-state index contributed by atoms with van der Waals surface area (Å²) in [6.07, 6.45) is 2.58. The first-order chi connectivity index (χ1) is 8.91. The maximum Gasteiger partial charge on any atom is 0.246 e. The fourth-order valence-electron chi connectivity index (χ4n) is 2.22. The fraction of sp³-hybridized carbons (Fsp3) is 0.538. The van der Waals surface area contributed by atoms with Crippen LogP contribution in [0.25, 0.3) is 0 Å². The van der Waals surface area contributed by atoms with Gasteiger partial charge in [-0.2, -0.15) is 0 Å². The first kappa shape index (κ1) is 14.3. The van der Waals surface area contributed by atoms with Gasteiger partial charge in [-0.05, 0) is 31.4 Å². The highest BCUT2D eigenvalue weighted by Gasteiger charge is 2.27. The van der Waals surface area contributed by atoms with Gasteiger partial charge in [-0.1, -0.05) is 12.1 Å². The Morgan fingerprint density at radius 3 is 2.53 bits per heavy atom. The van der Waals surface area contributed by atoms with Crippen LogP contribution in [0.5, 0.6) is 5.75 Å². The van der Waals surface area contributed by atoms with Crippen LogP contribution in [0.2, 0.25) is 0 Å². The topological polar surface area (TPSA) is 72.6 Å². The van der Waals surface area contributed by atoms with E-state index in [1.165, 1.54) is 18.4 Å². The maximum atomic E-state index is 12.2. The number of hydrogen-bond donors (Lipinski definition) is 1. The molecule has 0 heterocycles. The van der Waals surface area contributed by atoms with Crippen LogP contribution in [0.1, 0.15) is 19.3 Å². The molecular weight excluding hydrogens is 264 g/mol. The minimum Gasteiger partial charge on any atom is -0.489 e. The molecule has 0 spiro atoms. The minimum absolute atomic E-state index is 0.00788. The van der Waals surface area contributed by atoms with Gasteiger partial charge in [0.1, 0.15) is 16.7 Å². The van der Waals surface area contributed by atoms with E-state index in [0.29, 0.717) is 5.75 Å². The lowest BCUT2D eigenvalue weighted by Gasteiger charge is -2.18. The summed E-state index contributed by atoms with van der Waals surface area (Å²) in [6, 6.07) is 6.89. The van der Waals surface area contributed by atoms with E-state index in [1.807, 2.05) is 0 Å². The molecule has 1 fully saturated rings. The molecule has 0 saturated heterocycles. The summed E-state index contributed by atoms with van der Waals surface area (Å²) in [5.41, 5.74) is 5.84. The monoisotopic (exact) mass is 284 g/mol.